The first-order valence-corrected chi connectivity index (χ1v) is 8.91. The van der Waals surface area contributed by atoms with Crippen LogP contribution in [0.1, 0.15) is 37.3 Å². The summed E-state index contributed by atoms with van der Waals surface area (Å²) in [5.41, 5.74) is 2.50. The van der Waals surface area contributed by atoms with Gasteiger partial charge in [-0.05, 0) is 38.2 Å². The van der Waals surface area contributed by atoms with Gasteiger partial charge < -0.3 is 15.5 Å². The number of rotatable bonds is 5. The van der Waals surface area contributed by atoms with Gasteiger partial charge in [0.25, 0.3) is 0 Å². The first-order chi connectivity index (χ1) is 11.6. The highest BCUT2D eigenvalue weighted by atomic mass is 127. The molecule has 1 aromatic carbocycles. The maximum atomic E-state index is 11.5. The number of hydrogen-bond acceptors (Lipinski definition) is 2. The summed E-state index contributed by atoms with van der Waals surface area (Å²) in [6, 6.07) is 8.49. The Balaban J connectivity index is 0.00000312. The third-order valence-electron chi connectivity index (χ3n) is 4.50. The number of piperidine rings is 1. The first kappa shape index (κ1) is 21.7. The lowest BCUT2D eigenvalue weighted by Crippen LogP contribution is -2.46. The zero-order valence-electron chi connectivity index (χ0n) is 15.5. The van der Waals surface area contributed by atoms with E-state index in [4.69, 9.17) is 4.99 Å². The van der Waals surface area contributed by atoms with Crippen LogP contribution in [-0.4, -0.2) is 43.4 Å². The van der Waals surface area contributed by atoms with E-state index in [2.05, 4.69) is 53.6 Å². The minimum atomic E-state index is 0. The molecule has 0 unspecified atom stereocenters. The Labute approximate surface area is 168 Å². The largest absolute Gasteiger partial charge is 0.359 e. The van der Waals surface area contributed by atoms with Crippen molar-refractivity contribution in [2.24, 2.45) is 10.9 Å². The molecule has 0 atom stereocenters. The number of nitrogens with zero attached hydrogens (tertiary/aromatic N) is 2. The van der Waals surface area contributed by atoms with Gasteiger partial charge in [-0.25, -0.2) is 4.99 Å². The average molecular weight is 458 g/mol. The first-order valence-electron chi connectivity index (χ1n) is 8.91. The molecule has 6 heteroatoms. The molecule has 1 heterocycles. The van der Waals surface area contributed by atoms with Crippen molar-refractivity contribution in [1.82, 2.24) is 15.5 Å². The second-order valence-corrected chi connectivity index (χ2v) is 6.47. The van der Waals surface area contributed by atoms with E-state index in [0.717, 1.165) is 38.4 Å². The predicted octanol–water partition coefficient (Wildman–Crippen LogP) is 2.93. The van der Waals surface area contributed by atoms with Crippen LogP contribution in [0.4, 0.5) is 0 Å². The van der Waals surface area contributed by atoms with E-state index in [1.165, 1.54) is 11.1 Å². The van der Waals surface area contributed by atoms with E-state index >= 15 is 0 Å². The monoisotopic (exact) mass is 458 g/mol. The normalized spacial score (nSPS) is 15.5. The second kappa shape index (κ2) is 11.3. The molecular formula is C19H31IN4O. The second-order valence-electron chi connectivity index (χ2n) is 6.47. The van der Waals surface area contributed by atoms with Crippen LogP contribution in [0.3, 0.4) is 0 Å². The lowest BCUT2D eigenvalue weighted by molar-refractivity contribution is -0.121. The average Bonchev–Trinajstić information content (AvgIpc) is 2.59. The van der Waals surface area contributed by atoms with Crippen molar-refractivity contribution >= 4 is 35.8 Å². The molecule has 1 aliphatic heterocycles. The molecule has 2 N–H and O–H groups in total. The quantitative estimate of drug-likeness (QED) is 0.406. The molecule has 1 fully saturated rings. The number of aliphatic imine (C=N–C) groups is 1. The molecule has 5 nitrogen and oxygen atoms in total. The van der Waals surface area contributed by atoms with Gasteiger partial charge in [0.1, 0.15) is 0 Å². The summed E-state index contributed by atoms with van der Waals surface area (Å²) in [6.07, 6.45) is 2.73. The number of amides is 1. The van der Waals surface area contributed by atoms with Crippen molar-refractivity contribution < 1.29 is 4.79 Å². The molecule has 2 rings (SSSR count). The van der Waals surface area contributed by atoms with Crippen LogP contribution in [0.15, 0.2) is 29.3 Å². The Kier molecular flexibility index (Phi) is 9.85. The molecule has 140 valence electrons. The number of likely N-dealkylation sites (tertiary alicyclic amines) is 1. The summed E-state index contributed by atoms with van der Waals surface area (Å²) in [5, 5.41) is 6.12. The Bertz CT molecular complexity index is 568. The van der Waals surface area contributed by atoms with E-state index in [9.17, 15) is 4.79 Å². The fourth-order valence-electron chi connectivity index (χ4n) is 3.12. The SMILES string of the molecule is CCNC(=NCc1cccc(C)c1)N1CCC(CC(=O)NC)CC1.I. The summed E-state index contributed by atoms with van der Waals surface area (Å²) in [5.74, 6) is 1.62. The lowest BCUT2D eigenvalue weighted by Gasteiger charge is -2.34. The molecule has 0 radical (unpaired) electrons. The number of carbonyl (C=O) groups is 1. The molecule has 0 spiro atoms. The summed E-state index contributed by atoms with van der Waals surface area (Å²) in [6.45, 7) is 7.69. The van der Waals surface area contributed by atoms with Gasteiger partial charge in [0, 0.05) is 33.1 Å². The molecule has 1 aliphatic rings. The van der Waals surface area contributed by atoms with E-state index in [1.54, 1.807) is 7.05 Å². The Morgan fingerprint density at radius 3 is 2.64 bits per heavy atom. The van der Waals surface area contributed by atoms with Crippen molar-refractivity contribution in [3.8, 4) is 0 Å². The lowest BCUT2D eigenvalue weighted by atomic mass is 9.93. The topological polar surface area (TPSA) is 56.7 Å². The number of aryl methyl sites for hydroxylation is 1. The van der Waals surface area contributed by atoms with Gasteiger partial charge in [0.05, 0.1) is 6.54 Å². The van der Waals surface area contributed by atoms with Gasteiger partial charge >= 0.3 is 0 Å². The minimum absolute atomic E-state index is 0. The van der Waals surface area contributed by atoms with Gasteiger partial charge in [0.2, 0.25) is 5.91 Å². The number of guanidine groups is 1. The third kappa shape index (κ3) is 7.22. The number of carbonyl (C=O) groups excluding carboxylic acids is 1. The zero-order chi connectivity index (χ0) is 17.4. The molecule has 0 bridgehead atoms. The predicted molar refractivity (Wildman–Crippen MR) is 114 cm³/mol. The number of halogens is 1. The minimum Gasteiger partial charge on any atom is -0.359 e. The van der Waals surface area contributed by atoms with E-state index in [1.807, 2.05) is 0 Å². The van der Waals surface area contributed by atoms with Crippen LogP contribution >= 0.6 is 24.0 Å². The van der Waals surface area contributed by atoms with Crippen LogP contribution in [0.5, 0.6) is 0 Å². The van der Waals surface area contributed by atoms with Crippen LogP contribution in [0.2, 0.25) is 0 Å². The fourth-order valence-corrected chi connectivity index (χ4v) is 3.12. The molecule has 1 saturated heterocycles. The smallest absolute Gasteiger partial charge is 0.220 e. The van der Waals surface area contributed by atoms with Gasteiger partial charge in [-0.3, -0.25) is 4.79 Å². The summed E-state index contributed by atoms with van der Waals surface area (Å²) in [7, 11) is 1.71. The van der Waals surface area contributed by atoms with E-state index in [0.29, 0.717) is 18.9 Å². The highest BCUT2D eigenvalue weighted by Crippen LogP contribution is 2.20. The summed E-state index contributed by atoms with van der Waals surface area (Å²) >= 11 is 0. The Morgan fingerprint density at radius 2 is 2.04 bits per heavy atom. The fraction of sp³-hybridized carbons (Fsp3) is 0.579. The van der Waals surface area contributed by atoms with Crippen LogP contribution in [0, 0.1) is 12.8 Å². The van der Waals surface area contributed by atoms with Crippen LogP contribution in [-0.2, 0) is 11.3 Å². The molecule has 25 heavy (non-hydrogen) atoms. The zero-order valence-corrected chi connectivity index (χ0v) is 17.9. The molecule has 0 saturated carbocycles. The number of benzene rings is 1. The van der Waals surface area contributed by atoms with E-state index in [-0.39, 0.29) is 29.9 Å². The maximum Gasteiger partial charge on any atom is 0.220 e. The summed E-state index contributed by atoms with van der Waals surface area (Å²) in [4.78, 5) is 18.6. The van der Waals surface area contributed by atoms with Gasteiger partial charge in [-0.1, -0.05) is 29.8 Å². The maximum absolute atomic E-state index is 11.5. The Hall–Kier alpha value is -1.31. The number of nitrogens with one attached hydrogen (secondary N) is 2. The van der Waals surface area contributed by atoms with Crippen molar-refractivity contribution in [2.45, 2.75) is 39.7 Å². The van der Waals surface area contributed by atoms with Gasteiger partial charge in [0.15, 0.2) is 5.96 Å². The van der Waals surface area contributed by atoms with E-state index < -0.39 is 0 Å². The van der Waals surface area contributed by atoms with Crippen molar-refractivity contribution in [3.63, 3.8) is 0 Å². The molecule has 0 aromatic heterocycles. The Morgan fingerprint density at radius 1 is 1.32 bits per heavy atom. The van der Waals surface area contributed by atoms with Gasteiger partial charge in [-0.15, -0.1) is 24.0 Å². The van der Waals surface area contributed by atoms with Crippen molar-refractivity contribution in [2.75, 3.05) is 26.7 Å². The number of hydrogen-bond donors (Lipinski definition) is 2. The van der Waals surface area contributed by atoms with Crippen molar-refractivity contribution in [1.29, 1.82) is 0 Å². The van der Waals surface area contributed by atoms with Crippen LogP contribution < -0.4 is 10.6 Å². The molecule has 1 aromatic rings. The van der Waals surface area contributed by atoms with Crippen LogP contribution in [0.25, 0.3) is 0 Å². The van der Waals surface area contributed by atoms with Crippen molar-refractivity contribution in [3.05, 3.63) is 35.4 Å². The standard InChI is InChI=1S/C19H30N4O.HI/c1-4-21-19(22-14-17-7-5-6-15(2)12-17)23-10-8-16(9-11-23)13-18(24)20-3;/h5-7,12,16H,4,8-11,13-14H2,1-3H3,(H,20,24)(H,21,22);1H. The molecule has 0 aliphatic carbocycles. The molecular weight excluding hydrogens is 427 g/mol. The van der Waals surface area contributed by atoms with Gasteiger partial charge in [-0.2, -0.15) is 0 Å². The summed E-state index contributed by atoms with van der Waals surface area (Å²) < 4.78 is 0. The molecule has 1 amide bonds. The highest BCUT2D eigenvalue weighted by molar-refractivity contribution is 14.0. The highest BCUT2D eigenvalue weighted by Gasteiger charge is 2.22. The third-order valence-corrected chi connectivity index (χ3v) is 4.50.